The average molecular weight is 284 g/mol. The third-order valence-electron chi connectivity index (χ3n) is 2.46. The lowest BCUT2D eigenvalue weighted by atomic mass is 10.0. The van der Waals surface area contributed by atoms with Gasteiger partial charge >= 0.3 is 0 Å². The van der Waals surface area contributed by atoms with Crippen molar-refractivity contribution in [3.05, 3.63) is 63.4 Å². The standard InChI is InChI=1S/C13H8Cl2FNO/c14-7-3-1-5-9(16)11(7)13(18)12-8(15)4-2-6-10(12)17/h1-6H,17H2. The minimum absolute atomic E-state index is 0.0271. The zero-order chi connectivity index (χ0) is 13.3. The van der Waals surface area contributed by atoms with Crippen LogP contribution < -0.4 is 5.73 Å². The maximum absolute atomic E-state index is 13.7. The Hall–Kier alpha value is -1.58. The number of nitrogens with two attached hydrogens (primary N) is 1. The van der Waals surface area contributed by atoms with Crippen molar-refractivity contribution in [3.63, 3.8) is 0 Å². The second-order valence-electron chi connectivity index (χ2n) is 3.63. The fourth-order valence-corrected chi connectivity index (χ4v) is 2.14. The molecule has 92 valence electrons. The Labute approximate surface area is 113 Å². The van der Waals surface area contributed by atoms with Crippen molar-refractivity contribution < 1.29 is 9.18 Å². The molecule has 0 aromatic heterocycles. The van der Waals surface area contributed by atoms with E-state index in [1.54, 1.807) is 6.07 Å². The molecule has 2 nitrogen and oxygen atoms in total. The molecular weight excluding hydrogens is 276 g/mol. The second-order valence-corrected chi connectivity index (χ2v) is 4.44. The highest BCUT2D eigenvalue weighted by Crippen LogP contribution is 2.29. The van der Waals surface area contributed by atoms with Crippen molar-refractivity contribution in [1.82, 2.24) is 0 Å². The van der Waals surface area contributed by atoms with E-state index in [0.717, 1.165) is 6.07 Å². The SMILES string of the molecule is Nc1cccc(Cl)c1C(=O)c1c(F)cccc1Cl. The lowest BCUT2D eigenvalue weighted by Crippen LogP contribution is -2.09. The number of benzene rings is 2. The van der Waals surface area contributed by atoms with Crippen molar-refractivity contribution in [3.8, 4) is 0 Å². The van der Waals surface area contributed by atoms with Gasteiger partial charge in [-0.1, -0.05) is 35.3 Å². The van der Waals surface area contributed by atoms with Gasteiger partial charge in [-0.15, -0.1) is 0 Å². The van der Waals surface area contributed by atoms with E-state index in [1.165, 1.54) is 24.3 Å². The van der Waals surface area contributed by atoms with Gasteiger partial charge in [0, 0.05) is 5.69 Å². The van der Waals surface area contributed by atoms with Crippen molar-refractivity contribution >= 4 is 34.7 Å². The first-order valence-corrected chi connectivity index (χ1v) is 5.80. The van der Waals surface area contributed by atoms with Gasteiger partial charge in [-0.05, 0) is 24.3 Å². The Morgan fingerprint density at radius 3 is 2.11 bits per heavy atom. The normalized spacial score (nSPS) is 10.4. The lowest BCUT2D eigenvalue weighted by molar-refractivity contribution is 0.103. The van der Waals surface area contributed by atoms with Crippen LogP contribution in [0.4, 0.5) is 10.1 Å². The van der Waals surface area contributed by atoms with Gasteiger partial charge in [-0.2, -0.15) is 0 Å². The summed E-state index contributed by atoms with van der Waals surface area (Å²) in [5.74, 6) is -1.33. The number of carbonyl (C=O) groups is 1. The van der Waals surface area contributed by atoms with Crippen LogP contribution >= 0.6 is 23.2 Å². The van der Waals surface area contributed by atoms with E-state index >= 15 is 0 Å². The van der Waals surface area contributed by atoms with Crippen LogP contribution in [0.5, 0.6) is 0 Å². The Morgan fingerprint density at radius 1 is 1.00 bits per heavy atom. The summed E-state index contributed by atoms with van der Waals surface area (Å²) in [7, 11) is 0. The molecule has 2 aromatic carbocycles. The van der Waals surface area contributed by atoms with Crippen LogP contribution in [-0.4, -0.2) is 5.78 Å². The van der Waals surface area contributed by atoms with Crippen LogP contribution in [0, 0.1) is 5.82 Å². The molecule has 0 spiro atoms. The van der Waals surface area contributed by atoms with Crippen molar-refractivity contribution in [2.24, 2.45) is 0 Å². The molecule has 0 unspecified atom stereocenters. The summed E-state index contributed by atoms with van der Waals surface area (Å²) in [5, 5.41) is 0.193. The summed E-state index contributed by atoms with van der Waals surface area (Å²) >= 11 is 11.7. The van der Waals surface area contributed by atoms with Crippen LogP contribution in [-0.2, 0) is 0 Å². The van der Waals surface area contributed by atoms with Gasteiger partial charge in [0.05, 0.1) is 21.2 Å². The van der Waals surface area contributed by atoms with Gasteiger partial charge in [0.2, 0.25) is 5.78 Å². The number of carbonyl (C=O) groups excluding carboxylic acids is 1. The Morgan fingerprint density at radius 2 is 1.56 bits per heavy atom. The van der Waals surface area contributed by atoms with Crippen molar-refractivity contribution in [2.45, 2.75) is 0 Å². The van der Waals surface area contributed by atoms with E-state index in [1.807, 2.05) is 0 Å². The van der Waals surface area contributed by atoms with Crippen molar-refractivity contribution in [2.75, 3.05) is 5.73 Å². The molecule has 0 fully saturated rings. The molecule has 0 heterocycles. The Bertz CT molecular complexity index is 534. The summed E-state index contributed by atoms with van der Waals surface area (Å²) in [6.45, 7) is 0. The van der Waals surface area contributed by atoms with Gasteiger partial charge in [0.1, 0.15) is 5.82 Å². The topological polar surface area (TPSA) is 43.1 Å². The second kappa shape index (κ2) is 4.96. The molecular formula is C13H8Cl2FNO. The molecule has 18 heavy (non-hydrogen) atoms. The number of ketones is 1. The van der Waals surface area contributed by atoms with Gasteiger partial charge in [-0.25, -0.2) is 4.39 Å². The molecule has 5 heteroatoms. The number of hydrogen-bond acceptors (Lipinski definition) is 2. The number of halogens is 3. The molecule has 0 amide bonds. The zero-order valence-corrected chi connectivity index (χ0v) is 10.6. The number of anilines is 1. The third-order valence-corrected chi connectivity index (χ3v) is 3.09. The molecule has 0 atom stereocenters. The highest BCUT2D eigenvalue weighted by molar-refractivity contribution is 6.39. The van der Waals surface area contributed by atoms with E-state index in [4.69, 9.17) is 28.9 Å². The van der Waals surface area contributed by atoms with Crippen LogP contribution in [0.25, 0.3) is 0 Å². The summed E-state index contributed by atoms with van der Waals surface area (Å²) < 4.78 is 13.7. The molecule has 0 bridgehead atoms. The summed E-state index contributed by atoms with van der Waals surface area (Å²) in [6, 6.07) is 8.66. The van der Waals surface area contributed by atoms with E-state index in [9.17, 15) is 9.18 Å². The smallest absolute Gasteiger partial charge is 0.201 e. The van der Waals surface area contributed by atoms with E-state index in [2.05, 4.69) is 0 Å². The van der Waals surface area contributed by atoms with E-state index in [-0.39, 0.29) is 26.9 Å². The van der Waals surface area contributed by atoms with Gasteiger partial charge in [0.25, 0.3) is 0 Å². The molecule has 0 saturated heterocycles. The highest BCUT2D eigenvalue weighted by Gasteiger charge is 2.21. The van der Waals surface area contributed by atoms with Crippen LogP contribution in [0.3, 0.4) is 0 Å². The molecule has 0 saturated carbocycles. The van der Waals surface area contributed by atoms with Crippen LogP contribution in [0.1, 0.15) is 15.9 Å². The highest BCUT2D eigenvalue weighted by atomic mass is 35.5. The van der Waals surface area contributed by atoms with Gasteiger partial charge < -0.3 is 5.73 Å². The molecule has 0 aliphatic rings. The molecule has 0 radical (unpaired) electrons. The molecule has 0 aliphatic heterocycles. The first-order valence-electron chi connectivity index (χ1n) is 5.05. The summed E-state index contributed by atoms with van der Waals surface area (Å²) in [6.07, 6.45) is 0. The number of hydrogen-bond donors (Lipinski definition) is 1. The minimum atomic E-state index is -0.702. The van der Waals surface area contributed by atoms with Gasteiger partial charge in [-0.3, -0.25) is 4.79 Å². The minimum Gasteiger partial charge on any atom is -0.398 e. The molecule has 2 aromatic rings. The number of nitrogen functional groups attached to an aromatic ring is 1. The maximum atomic E-state index is 13.7. The number of rotatable bonds is 2. The van der Waals surface area contributed by atoms with Crippen molar-refractivity contribution in [1.29, 1.82) is 0 Å². The fraction of sp³-hybridized carbons (Fsp3) is 0. The predicted octanol–water partition coefficient (Wildman–Crippen LogP) is 3.95. The summed E-state index contributed by atoms with van der Waals surface area (Å²) in [4.78, 5) is 12.2. The van der Waals surface area contributed by atoms with Gasteiger partial charge in [0.15, 0.2) is 0 Å². The summed E-state index contributed by atoms with van der Waals surface area (Å²) in [5.41, 5.74) is 5.71. The van der Waals surface area contributed by atoms with Crippen LogP contribution in [0.15, 0.2) is 36.4 Å². The Kier molecular flexibility index (Phi) is 3.55. The third kappa shape index (κ3) is 2.19. The zero-order valence-electron chi connectivity index (χ0n) is 9.08. The lowest BCUT2D eigenvalue weighted by Gasteiger charge is -2.09. The largest absolute Gasteiger partial charge is 0.398 e. The first kappa shape index (κ1) is 12.9. The molecule has 2 rings (SSSR count). The predicted molar refractivity (Wildman–Crippen MR) is 70.7 cm³/mol. The molecule has 2 N–H and O–H groups in total. The Balaban J connectivity index is 2.63. The van der Waals surface area contributed by atoms with E-state index < -0.39 is 11.6 Å². The average Bonchev–Trinajstić information content (AvgIpc) is 2.28. The quantitative estimate of drug-likeness (QED) is 0.670. The fourth-order valence-electron chi connectivity index (χ4n) is 1.62. The monoisotopic (exact) mass is 283 g/mol. The van der Waals surface area contributed by atoms with Crippen LogP contribution in [0.2, 0.25) is 10.0 Å². The molecule has 0 aliphatic carbocycles. The maximum Gasteiger partial charge on any atom is 0.201 e. The first-order chi connectivity index (χ1) is 8.52. The van der Waals surface area contributed by atoms with E-state index in [0.29, 0.717) is 0 Å².